The molecule has 0 spiro atoms. The summed E-state index contributed by atoms with van der Waals surface area (Å²) in [6.07, 6.45) is 1.51. The molecule has 3 unspecified atom stereocenters. The van der Waals surface area contributed by atoms with Crippen LogP contribution in [0, 0.1) is 17.3 Å². The first kappa shape index (κ1) is 27.9. The first-order valence-corrected chi connectivity index (χ1v) is 13.5. The molecule has 200 valence electrons. The Balaban J connectivity index is 1.43. The zero-order valence-electron chi connectivity index (χ0n) is 21.9. The lowest BCUT2D eigenvalue weighted by molar-refractivity contribution is -0.151. The normalized spacial score (nSPS) is 18.9. The van der Waals surface area contributed by atoms with Gasteiger partial charge in [-0.1, -0.05) is 60.1 Å². The Morgan fingerprint density at radius 3 is 2.42 bits per heavy atom. The van der Waals surface area contributed by atoms with Crippen LogP contribution in [-0.4, -0.2) is 30.2 Å². The molecular weight excluding hydrogens is 572 g/mol. The second kappa shape index (κ2) is 11.7. The Kier molecular flexibility index (Phi) is 8.63. The lowest BCUT2D eigenvalue weighted by Gasteiger charge is -2.14. The Hall–Kier alpha value is -3.10. The number of methoxy groups -OCH3 is 2. The van der Waals surface area contributed by atoms with Crippen molar-refractivity contribution in [2.75, 3.05) is 14.2 Å². The van der Waals surface area contributed by atoms with E-state index < -0.39 is 6.10 Å². The van der Waals surface area contributed by atoms with Crippen LogP contribution in [0.4, 0.5) is 0 Å². The number of alkyl halides is 1. The molecule has 3 aromatic rings. The van der Waals surface area contributed by atoms with E-state index in [4.69, 9.17) is 30.5 Å². The molecule has 2 aromatic heterocycles. The zero-order valence-corrected chi connectivity index (χ0v) is 24.2. The highest BCUT2D eigenvalue weighted by molar-refractivity contribution is 9.15. The third-order valence-corrected chi connectivity index (χ3v) is 7.78. The molecule has 0 saturated heterocycles. The molecule has 1 fully saturated rings. The summed E-state index contributed by atoms with van der Waals surface area (Å²) in [5.41, 5.74) is 2.21. The van der Waals surface area contributed by atoms with Gasteiger partial charge in [0.1, 0.15) is 11.9 Å². The van der Waals surface area contributed by atoms with Gasteiger partial charge >= 0.3 is 5.97 Å². The molecule has 0 aliphatic heterocycles. The quantitative estimate of drug-likeness (QED) is 0.178. The predicted octanol–water partition coefficient (Wildman–Crippen LogP) is 7.34. The number of esters is 1. The molecule has 0 amide bonds. The van der Waals surface area contributed by atoms with Gasteiger partial charge in [0, 0.05) is 28.2 Å². The van der Waals surface area contributed by atoms with Crippen molar-refractivity contribution in [3.05, 3.63) is 77.5 Å². The van der Waals surface area contributed by atoms with E-state index in [1.165, 1.54) is 7.11 Å². The third kappa shape index (κ3) is 6.13. The molecule has 1 saturated carbocycles. The van der Waals surface area contributed by atoms with Gasteiger partial charge in [0.05, 0.1) is 31.7 Å². The predicted molar refractivity (Wildman–Crippen MR) is 150 cm³/mol. The van der Waals surface area contributed by atoms with Gasteiger partial charge in [0.2, 0.25) is 17.6 Å². The van der Waals surface area contributed by atoms with Crippen molar-refractivity contribution < 1.29 is 23.7 Å². The van der Waals surface area contributed by atoms with Crippen molar-refractivity contribution in [2.24, 2.45) is 17.3 Å². The maximum absolute atomic E-state index is 13.2. The number of benzene rings is 1. The SMILES string of the molecule is COc1cccc(Oc2cccc(C(C)OC(=O)C3C(/C=C(\Br)c4ccc(CCl)c(OC)c4)C3(C)C)n2)n1. The summed E-state index contributed by atoms with van der Waals surface area (Å²) in [5.74, 6) is 1.71. The molecule has 1 aliphatic rings. The van der Waals surface area contributed by atoms with Gasteiger partial charge < -0.3 is 18.9 Å². The topological polar surface area (TPSA) is 79.8 Å². The Morgan fingerprint density at radius 2 is 1.74 bits per heavy atom. The number of nitrogens with zero attached hydrogens (tertiary/aromatic N) is 2. The minimum atomic E-state index is -0.554. The zero-order chi connectivity index (χ0) is 27.4. The van der Waals surface area contributed by atoms with Crippen LogP contribution in [0.2, 0.25) is 0 Å². The van der Waals surface area contributed by atoms with Crippen molar-refractivity contribution in [3.63, 3.8) is 0 Å². The third-order valence-electron chi connectivity index (χ3n) is 6.77. The average Bonchev–Trinajstić information content (AvgIpc) is 3.47. The van der Waals surface area contributed by atoms with E-state index in [2.05, 4.69) is 45.8 Å². The second-order valence-electron chi connectivity index (χ2n) is 9.60. The molecule has 2 heterocycles. The lowest BCUT2D eigenvalue weighted by atomic mass is 10.1. The number of hydrogen-bond acceptors (Lipinski definition) is 7. The number of hydrogen-bond donors (Lipinski definition) is 0. The molecule has 3 atom stereocenters. The minimum absolute atomic E-state index is 0.0111. The fourth-order valence-electron chi connectivity index (χ4n) is 4.39. The monoisotopic (exact) mass is 600 g/mol. The van der Waals surface area contributed by atoms with E-state index in [9.17, 15) is 4.79 Å². The van der Waals surface area contributed by atoms with Crippen LogP contribution in [0.5, 0.6) is 23.4 Å². The summed E-state index contributed by atoms with van der Waals surface area (Å²) in [7, 11) is 3.16. The lowest BCUT2D eigenvalue weighted by Crippen LogP contribution is -2.14. The number of aromatic nitrogens is 2. The van der Waals surface area contributed by atoms with Crippen molar-refractivity contribution in [3.8, 4) is 23.4 Å². The van der Waals surface area contributed by atoms with Gasteiger partial charge in [0.25, 0.3) is 0 Å². The van der Waals surface area contributed by atoms with Crippen molar-refractivity contribution in [1.82, 2.24) is 9.97 Å². The number of pyridine rings is 2. The van der Waals surface area contributed by atoms with Crippen LogP contribution in [0.25, 0.3) is 4.48 Å². The average molecular weight is 602 g/mol. The van der Waals surface area contributed by atoms with Crippen LogP contribution in [0.1, 0.15) is 43.7 Å². The molecule has 7 nitrogen and oxygen atoms in total. The highest BCUT2D eigenvalue weighted by Crippen LogP contribution is 2.60. The summed E-state index contributed by atoms with van der Waals surface area (Å²) < 4.78 is 23.1. The summed E-state index contributed by atoms with van der Waals surface area (Å²) in [6.45, 7) is 5.93. The van der Waals surface area contributed by atoms with Gasteiger partial charge in [-0.15, -0.1) is 11.6 Å². The summed E-state index contributed by atoms with van der Waals surface area (Å²) in [4.78, 5) is 21.9. The van der Waals surface area contributed by atoms with Crippen molar-refractivity contribution >= 4 is 38.0 Å². The minimum Gasteiger partial charge on any atom is -0.496 e. The standard InChI is InChI=1S/C29H30BrClN2O5/c1-17(22-8-6-10-25(32-22)38-26-11-7-9-24(33-26)36-5)37-28(34)27-20(29(27,2)3)15-21(30)18-12-13-19(16-31)23(14-18)35-4/h6-15,17,20,27H,16H2,1-5H3/b21-15-. The first-order chi connectivity index (χ1) is 18.2. The van der Waals surface area contributed by atoms with Crippen LogP contribution >= 0.6 is 27.5 Å². The van der Waals surface area contributed by atoms with Gasteiger partial charge in [-0.3, -0.25) is 4.79 Å². The Bertz CT molecular complexity index is 1350. The first-order valence-electron chi connectivity index (χ1n) is 12.1. The van der Waals surface area contributed by atoms with E-state index in [0.29, 0.717) is 29.2 Å². The fourth-order valence-corrected chi connectivity index (χ4v) is 5.14. The molecule has 0 radical (unpaired) electrons. The van der Waals surface area contributed by atoms with E-state index >= 15 is 0 Å². The maximum atomic E-state index is 13.2. The second-order valence-corrected chi connectivity index (χ2v) is 10.7. The molecule has 1 aromatic carbocycles. The molecule has 1 aliphatic carbocycles. The number of allylic oxidation sites excluding steroid dienone is 1. The Labute approximate surface area is 236 Å². The van der Waals surface area contributed by atoms with Gasteiger partial charge in [-0.05, 0) is 36.0 Å². The number of ether oxygens (including phenoxy) is 4. The van der Waals surface area contributed by atoms with Gasteiger partial charge in [-0.25, -0.2) is 4.98 Å². The van der Waals surface area contributed by atoms with E-state index in [1.54, 1.807) is 50.4 Å². The van der Waals surface area contributed by atoms with Crippen molar-refractivity contribution in [1.29, 1.82) is 0 Å². The smallest absolute Gasteiger partial charge is 0.310 e. The molecule has 4 rings (SSSR count). The molecular formula is C29H30BrClN2O5. The highest BCUT2D eigenvalue weighted by atomic mass is 79.9. The van der Waals surface area contributed by atoms with Crippen LogP contribution in [0.15, 0.2) is 60.7 Å². The molecule has 9 heteroatoms. The van der Waals surface area contributed by atoms with Crippen molar-refractivity contribution in [2.45, 2.75) is 32.8 Å². The fraction of sp³-hybridized carbons (Fsp3) is 0.345. The summed E-state index contributed by atoms with van der Waals surface area (Å²) >= 11 is 9.67. The maximum Gasteiger partial charge on any atom is 0.310 e. The van der Waals surface area contributed by atoms with E-state index in [-0.39, 0.29) is 23.2 Å². The van der Waals surface area contributed by atoms with E-state index in [1.807, 2.05) is 18.2 Å². The Morgan fingerprint density at radius 1 is 1.05 bits per heavy atom. The summed E-state index contributed by atoms with van der Waals surface area (Å²) in [6, 6.07) is 16.4. The van der Waals surface area contributed by atoms with E-state index in [0.717, 1.165) is 21.4 Å². The highest BCUT2D eigenvalue weighted by Gasteiger charge is 2.61. The van der Waals surface area contributed by atoms with Crippen LogP contribution < -0.4 is 14.2 Å². The molecule has 0 N–H and O–H groups in total. The summed E-state index contributed by atoms with van der Waals surface area (Å²) in [5, 5.41) is 0. The van der Waals surface area contributed by atoms with Crippen LogP contribution in [-0.2, 0) is 15.4 Å². The van der Waals surface area contributed by atoms with Gasteiger partial charge in [-0.2, -0.15) is 4.98 Å². The van der Waals surface area contributed by atoms with Gasteiger partial charge in [0.15, 0.2) is 0 Å². The largest absolute Gasteiger partial charge is 0.496 e. The number of carbonyl (C=O) groups is 1. The number of halogens is 2. The van der Waals surface area contributed by atoms with Crippen LogP contribution in [0.3, 0.4) is 0 Å². The number of carbonyl (C=O) groups excluding carboxylic acids is 1. The molecule has 38 heavy (non-hydrogen) atoms. The number of rotatable bonds is 10. The molecule has 0 bridgehead atoms.